The van der Waals surface area contributed by atoms with Gasteiger partial charge in [0.05, 0.1) is 33.3 Å². The molecule has 0 aliphatic heterocycles. The van der Waals surface area contributed by atoms with Crippen molar-refractivity contribution in [1.82, 2.24) is 19.1 Å². The third-order valence-corrected chi connectivity index (χ3v) is 8.71. The van der Waals surface area contributed by atoms with Crippen LogP contribution in [0.5, 0.6) is 0 Å². The molecule has 1 aliphatic carbocycles. The number of para-hydroxylation sites is 3. The number of pyridine rings is 2. The fourth-order valence-electron chi connectivity index (χ4n) is 6.82. The van der Waals surface area contributed by atoms with Crippen LogP contribution in [0.2, 0.25) is 0 Å². The molecule has 4 heteroatoms. The molecular weight excluding hydrogens is 500 g/mol. The van der Waals surface area contributed by atoms with Crippen molar-refractivity contribution in [1.29, 1.82) is 0 Å². The minimum atomic E-state index is 0.393. The molecule has 41 heavy (non-hydrogen) atoms. The highest BCUT2D eigenvalue weighted by Crippen LogP contribution is 2.42. The average Bonchev–Trinajstić information content (AvgIpc) is 3.54. The number of hydrogen-bond donors (Lipinski definition) is 0. The van der Waals surface area contributed by atoms with Crippen LogP contribution in [-0.4, -0.2) is 19.1 Å². The molecule has 0 saturated carbocycles. The number of benzene rings is 4. The topological polar surface area (TPSA) is 35.6 Å². The zero-order valence-electron chi connectivity index (χ0n) is 22.6. The first-order valence-corrected chi connectivity index (χ1v) is 14.3. The van der Waals surface area contributed by atoms with E-state index in [-0.39, 0.29) is 0 Å². The predicted octanol–water partition coefficient (Wildman–Crippen LogP) is 9.34. The van der Waals surface area contributed by atoms with Gasteiger partial charge in [-0.15, -0.1) is 0 Å². The molecule has 0 bridgehead atoms. The van der Waals surface area contributed by atoms with Crippen molar-refractivity contribution >= 4 is 60.6 Å². The van der Waals surface area contributed by atoms with Crippen molar-refractivity contribution in [2.75, 3.05) is 0 Å². The van der Waals surface area contributed by atoms with Crippen LogP contribution in [0.3, 0.4) is 0 Å². The maximum absolute atomic E-state index is 5.32. The van der Waals surface area contributed by atoms with Crippen LogP contribution in [0, 0.1) is 0 Å². The van der Waals surface area contributed by atoms with E-state index in [1.807, 2.05) is 0 Å². The zero-order valence-corrected chi connectivity index (χ0v) is 22.6. The van der Waals surface area contributed by atoms with E-state index >= 15 is 0 Å². The Morgan fingerprint density at radius 2 is 1.34 bits per heavy atom. The second-order valence-electron chi connectivity index (χ2n) is 11.1. The molecule has 0 unspecified atom stereocenters. The molecule has 0 radical (unpaired) electrons. The van der Waals surface area contributed by atoms with Crippen molar-refractivity contribution in [2.45, 2.75) is 19.3 Å². The average molecular weight is 527 g/mol. The van der Waals surface area contributed by atoms with Gasteiger partial charge in [0, 0.05) is 32.8 Å². The van der Waals surface area contributed by atoms with Crippen molar-refractivity contribution in [2.24, 2.45) is 0 Å². The molecule has 4 heterocycles. The molecule has 1 atom stereocenters. The van der Waals surface area contributed by atoms with Gasteiger partial charge in [-0.25, -0.2) is 9.97 Å². The molecular formula is C37H26N4. The lowest BCUT2D eigenvalue weighted by Gasteiger charge is -2.18. The third kappa shape index (κ3) is 3.16. The molecule has 4 aromatic carbocycles. The monoisotopic (exact) mass is 526 g/mol. The quantitative estimate of drug-likeness (QED) is 0.225. The number of aromatic nitrogens is 4. The molecule has 0 spiro atoms. The zero-order chi connectivity index (χ0) is 27.1. The second-order valence-corrected chi connectivity index (χ2v) is 11.1. The Balaban J connectivity index is 1.44. The molecule has 1 aliphatic rings. The van der Waals surface area contributed by atoms with E-state index in [0.29, 0.717) is 5.92 Å². The summed E-state index contributed by atoms with van der Waals surface area (Å²) in [4.78, 5) is 10.4. The van der Waals surface area contributed by atoms with E-state index in [0.717, 1.165) is 40.0 Å². The van der Waals surface area contributed by atoms with E-state index in [2.05, 4.69) is 137 Å². The van der Waals surface area contributed by atoms with Crippen molar-refractivity contribution in [3.63, 3.8) is 0 Å². The van der Waals surface area contributed by atoms with Crippen LogP contribution in [0.1, 0.15) is 30.5 Å². The molecule has 8 aromatic rings. The van der Waals surface area contributed by atoms with Crippen LogP contribution >= 0.6 is 0 Å². The lowest BCUT2D eigenvalue weighted by Crippen LogP contribution is -2.07. The lowest BCUT2D eigenvalue weighted by molar-refractivity contribution is 0.735. The minimum Gasteiger partial charge on any atom is -0.294 e. The van der Waals surface area contributed by atoms with Gasteiger partial charge in [0.1, 0.15) is 11.6 Å². The molecule has 4 nitrogen and oxygen atoms in total. The summed E-state index contributed by atoms with van der Waals surface area (Å²) in [6.07, 6.45) is 5.49. The van der Waals surface area contributed by atoms with E-state index in [1.54, 1.807) is 0 Å². The van der Waals surface area contributed by atoms with Crippen LogP contribution in [-0.2, 0) is 0 Å². The maximum atomic E-state index is 5.32. The Labute approximate surface area is 236 Å². The van der Waals surface area contributed by atoms with E-state index in [9.17, 15) is 0 Å². The third-order valence-electron chi connectivity index (χ3n) is 8.71. The summed E-state index contributed by atoms with van der Waals surface area (Å²) in [5.74, 6) is 2.28. The molecule has 0 N–H and O–H groups in total. The molecule has 0 amide bonds. The van der Waals surface area contributed by atoms with Gasteiger partial charge in [0.25, 0.3) is 0 Å². The normalized spacial score (nSPS) is 15.0. The van der Waals surface area contributed by atoms with Gasteiger partial charge in [0.15, 0.2) is 0 Å². The first-order chi connectivity index (χ1) is 20.3. The standard InChI is InChI=1S/C37H26N4/c1-23-9-8-11-25-18-22-34(39-36(23)25)41-30-15-6-3-12-26(30)27-19-20-32-35(37(27)41)28-13-4-7-16-31(28)40(32)33-21-17-24-10-2-5-14-29(24)38-33/h2-8,10-23H,9H2,1H3/t23-/m0/s1. The molecule has 0 saturated heterocycles. The predicted molar refractivity (Wildman–Crippen MR) is 170 cm³/mol. The van der Waals surface area contributed by atoms with Gasteiger partial charge in [-0.3, -0.25) is 9.13 Å². The van der Waals surface area contributed by atoms with Gasteiger partial charge in [0.2, 0.25) is 0 Å². The smallest absolute Gasteiger partial charge is 0.138 e. The van der Waals surface area contributed by atoms with Crippen LogP contribution < -0.4 is 0 Å². The minimum absolute atomic E-state index is 0.393. The highest BCUT2D eigenvalue weighted by Gasteiger charge is 2.22. The summed E-state index contributed by atoms with van der Waals surface area (Å²) in [6, 6.07) is 39.0. The van der Waals surface area contributed by atoms with Crippen LogP contribution in [0.15, 0.2) is 115 Å². The number of allylic oxidation sites excluding steroid dienone is 1. The van der Waals surface area contributed by atoms with Gasteiger partial charge < -0.3 is 0 Å². The summed E-state index contributed by atoms with van der Waals surface area (Å²) in [5, 5.41) is 6.03. The van der Waals surface area contributed by atoms with Gasteiger partial charge >= 0.3 is 0 Å². The van der Waals surface area contributed by atoms with Crippen molar-refractivity contribution < 1.29 is 0 Å². The Morgan fingerprint density at radius 1 is 0.610 bits per heavy atom. The number of rotatable bonds is 2. The first-order valence-electron chi connectivity index (χ1n) is 14.3. The molecule has 9 rings (SSSR count). The highest BCUT2D eigenvalue weighted by atomic mass is 15.1. The van der Waals surface area contributed by atoms with E-state index < -0.39 is 0 Å². The summed E-state index contributed by atoms with van der Waals surface area (Å²) >= 11 is 0. The van der Waals surface area contributed by atoms with Crippen LogP contribution in [0.4, 0.5) is 0 Å². The van der Waals surface area contributed by atoms with E-state index in [4.69, 9.17) is 9.97 Å². The SMILES string of the molecule is C[C@H]1CC=Cc2ccc(-n3c4ccccc4c4ccc5c(c6ccccc6n5-c5ccc6ccccc6n5)c43)nc21. The Morgan fingerprint density at radius 3 is 2.24 bits per heavy atom. The fraction of sp³-hybridized carbons (Fsp3) is 0.0811. The molecule has 4 aromatic heterocycles. The summed E-state index contributed by atoms with van der Waals surface area (Å²) in [7, 11) is 0. The highest BCUT2D eigenvalue weighted by molar-refractivity contribution is 6.26. The number of nitrogens with zero attached hydrogens (tertiary/aromatic N) is 4. The van der Waals surface area contributed by atoms with E-state index in [1.165, 1.54) is 43.8 Å². The summed E-state index contributed by atoms with van der Waals surface area (Å²) in [6.45, 7) is 2.27. The Hall–Kier alpha value is -5.22. The van der Waals surface area contributed by atoms with Crippen molar-refractivity contribution in [3.8, 4) is 11.6 Å². The van der Waals surface area contributed by atoms with Gasteiger partial charge in [-0.05, 0) is 60.5 Å². The van der Waals surface area contributed by atoms with Gasteiger partial charge in [-0.2, -0.15) is 0 Å². The lowest BCUT2D eigenvalue weighted by atomic mass is 9.93. The molecule has 0 fully saturated rings. The Kier molecular flexibility index (Phi) is 4.62. The summed E-state index contributed by atoms with van der Waals surface area (Å²) < 4.78 is 4.69. The summed E-state index contributed by atoms with van der Waals surface area (Å²) in [5.41, 5.74) is 8.02. The van der Waals surface area contributed by atoms with Crippen molar-refractivity contribution in [3.05, 3.63) is 127 Å². The van der Waals surface area contributed by atoms with Crippen LogP contribution in [0.25, 0.3) is 72.2 Å². The van der Waals surface area contributed by atoms with Gasteiger partial charge in [-0.1, -0.05) is 79.7 Å². The Bertz CT molecular complexity index is 2370. The molecule has 194 valence electrons. The fourth-order valence-corrected chi connectivity index (χ4v) is 6.82. The second kappa shape index (κ2) is 8.39. The first kappa shape index (κ1) is 22.6. The number of fused-ring (bicyclic) bond motifs is 9. The maximum Gasteiger partial charge on any atom is 0.138 e. The largest absolute Gasteiger partial charge is 0.294 e. The number of hydrogen-bond acceptors (Lipinski definition) is 2.